The Kier molecular flexibility index (Phi) is 8.20. The third-order valence-corrected chi connectivity index (χ3v) is 3.13. The Hall–Kier alpha value is -0.520. The van der Waals surface area contributed by atoms with E-state index in [0.717, 1.165) is 19.5 Å². The van der Waals surface area contributed by atoms with E-state index in [1.54, 1.807) is 0 Å². The molecule has 0 saturated carbocycles. The van der Waals surface area contributed by atoms with Crippen LogP contribution < -0.4 is 5.32 Å². The molecule has 0 aliphatic carbocycles. The first-order valence-corrected chi connectivity index (χ1v) is 6.76. The Morgan fingerprint density at radius 1 is 1.06 bits per heavy atom. The van der Waals surface area contributed by atoms with E-state index in [1.807, 2.05) is 6.92 Å². The van der Waals surface area contributed by atoms with Crippen LogP contribution in [0.1, 0.15) is 45.4 Å². The molecule has 0 spiro atoms. The second-order valence-electron chi connectivity index (χ2n) is 4.54. The van der Waals surface area contributed by atoms with Crippen LogP contribution in [-0.2, 0) is 0 Å². The SMILES string of the molecule is CC#CCCNCCCCN1CCCCC1. The van der Waals surface area contributed by atoms with Gasteiger partial charge in [0.15, 0.2) is 0 Å². The summed E-state index contributed by atoms with van der Waals surface area (Å²) in [5, 5.41) is 3.44. The maximum atomic E-state index is 3.44. The van der Waals surface area contributed by atoms with Gasteiger partial charge >= 0.3 is 0 Å². The van der Waals surface area contributed by atoms with Gasteiger partial charge in [-0.15, -0.1) is 11.8 Å². The van der Waals surface area contributed by atoms with Crippen LogP contribution in [0, 0.1) is 11.8 Å². The first-order valence-electron chi connectivity index (χ1n) is 6.76. The van der Waals surface area contributed by atoms with Gasteiger partial charge in [0.2, 0.25) is 0 Å². The number of nitrogens with one attached hydrogen (secondary N) is 1. The molecule has 0 radical (unpaired) electrons. The van der Waals surface area contributed by atoms with Crippen molar-refractivity contribution >= 4 is 0 Å². The molecular formula is C14H26N2. The molecule has 1 fully saturated rings. The van der Waals surface area contributed by atoms with Gasteiger partial charge in [-0.25, -0.2) is 0 Å². The molecule has 0 atom stereocenters. The lowest BCUT2D eigenvalue weighted by Crippen LogP contribution is -2.31. The van der Waals surface area contributed by atoms with Crippen molar-refractivity contribution in [1.29, 1.82) is 0 Å². The van der Waals surface area contributed by atoms with Crippen LogP contribution >= 0.6 is 0 Å². The van der Waals surface area contributed by atoms with Crippen LogP contribution in [0.3, 0.4) is 0 Å². The fraction of sp³-hybridized carbons (Fsp3) is 0.857. The monoisotopic (exact) mass is 222 g/mol. The van der Waals surface area contributed by atoms with Crippen LogP contribution in [0.2, 0.25) is 0 Å². The maximum Gasteiger partial charge on any atom is 0.0214 e. The minimum atomic E-state index is 0.989. The number of piperidine rings is 1. The van der Waals surface area contributed by atoms with Crippen LogP contribution in [0.5, 0.6) is 0 Å². The lowest BCUT2D eigenvalue weighted by Gasteiger charge is -2.26. The standard InChI is InChI=1S/C14H26N2/c1-2-3-5-10-15-11-6-9-14-16-12-7-4-8-13-16/h15H,4-14H2,1H3. The average Bonchev–Trinajstić information content (AvgIpc) is 2.34. The summed E-state index contributed by atoms with van der Waals surface area (Å²) < 4.78 is 0. The number of unbranched alkanes of at least 4 members (excludes halogenated alkanes) is 1. The Balaban J connectivity index is 1.81. The van der Waals surface area contributed by atoms with Gasteiger partial charge in [-0.2, -0.15) is 0 Å². The molecular weight excluding hydrogens is 196 g/mol. The van der Waals surface area contributed by atoms with Gasteiger partial charge in [-0.05, 0) is 58.8 Å². The quantitative estimate of drug-likeness (QED) is 0.525. The summed E-state index contributed by atoms with van der Waals surface area (Å²) in [5.41, 5.74) is 0. The highest BCUT2D eigenvalue weighted by atomic mass is 15.1. The number of likely N-dealkylation sites (tertiary alicyclic amines) is 1. The van der Waals surface area contributed by atoms with Crippen molar-refractivity contribution < 1.29 is 0 Å². The first-order chi connectivity index (χ1) is 7.93. The third kappa shape index (κ3) is 6.87. The molecule has 1 aliphatic rings. The predicted octanol–water partition coefficient (Wildman–Crippen LogP) is 2.26. The van der Waals surface area contributed by atoms with Crippen molar-refractivity contribution in [3.63, 3.8) is 0 Å². The second kappa shape index (κ2) is 9.69. The van der Waals surface area contributed by atoms with Crippen molar-refractivity contribution in [2.75, 3.05) is 32.7 Å². The second-order valence-corrected chi connectivity index (χ2v) is 4.54. The summed E-state index contributed by atoms with van der Waals surface area (Å²) in [6, 6.07) is 0. The first kappa shape index (κ1) is 13.5. The summed E-state index contributed by atoms with van der Waals surface area (Å²) in [5.74, 6) is 5.99. The number of nitrogens with zero attached hydrogens (tertiary/aromatic N) is 1. The molecule has 92 valence electrons. The third-order valence-electron chi connectivity index (χ3n) is 3.13. The Labute approximate surface area is 101 Å². The number of hydrogen-bond donors (Lipinski definition) is 1. The average molecular weight is 222 g/mol. The largest absolute Gasteiger partial charge is 0.316 e. The molecule has 2 heteroatoms. The van der Waals surface area contributed by atoms with Crippen LogP contribution in [0.25, 0.3) is 0 Å². The normalized spacial score (nSPS) is 16.8. The number of rotatable bonds is 7. The van der Waals surface area contributed by atoms with E-state index < -0.39 is 0 Å². The summed E-state index contributed by atoms with van der Waals surface area (Å²) in [4.78, 5) is 2.62. The molecule has 0 bridgehead atoms. The van der Waals surface area contributed by atoms with Gasteiger partial charge in [0.1, 0.15) is 0 Å². The van der Waals surface area contributed by atoms with Crippen LogP contribution in [0.15, 0.2) is 0 Å². The molecule has 16 heavy (non-hydrogen) atoms. The highest BCUT2D eigenvalue weighted by Gasteiger charge is 2.08. The number of hydrogen-bond acceptors (Lipinski definition) is 2. The predicted molar refractivity (Wildman–Crippen MR) is 70.5 cm³/mol. The molecule has 0 amide bonds. The van der Waals surface area contributed by atoms with Gasteiger partial charge in [-0.3, -0.25) is 0 Å². The molecule has 1 rings (SSSR count). The topological polar surface area (TPSA) is 15.3 Å². The van der Waals surface area contributed by atoms with E-state index in [4.69, 9.17) is 0 Å². The van der Waals surface area contributed by atoms with Crippen molar-refractivity contribution in [3.05, 3.63) is 0 Å². The smallest absolute Gasteiger partial charge is 0.0214 e. The van der Waals surface area contributed by atoms with E-state index in [0.29, 0.717) is 0 Å². The van der Waals surface area contributed by atoms with E-state index in [1.165, 1.54) is 51.7 Å². The molecule has 0 aromatic rings. The zero-order chi connectivity index (χ0) is 11.5. The van der Waals surface area contributed by atoms with Gasteiger partial charge in [0, 0.05) is 13.0 Å². The maximum absolute atomic E-state index is 3.44. The van der Waals surface area contributed by atoms with E-state index in [2.05, 4.69) is 22.1 Å². The minimum absolute atomic E-state index is 0.989. The fourth-order valence-corrected chi connectivity index (χ4v) is 2.17. The molecule has 2 nitrogen and oxygen atoms in total. The highest BCUT2D eigenvalue weighted by molar-refractivity contribution is 4.95. The van der Waals surface area contributed by atoms with E-state index >= 15 is 0 Å². The zero-order valence-electron chi connectivity index (χ0n) is 10.7. The Morgan fingerprint density at radius 2 is 1.88 bits per heavy atom. The Morgan fingerprint density at radius 3 is 2.62 bits per heavy atom. The summed E-state index contributed by atoms with van der Waals surface area (Å²) in [7, 11) is 0. The van der Waals surface area contributed by atoms with Crippen molar-refractivity contribution in [2.45, 2.75) is 45.4 Å². The van der Waals surface area contributed by atoms with Crippen molar-refractivity contribution in [2.24, 2.45) is 0 Å². The molecule has 0 aromatic heterocycles. The highest BCUT2D eigenvalue weighted by Crippen LogP contribution is 2.08. The molecule has 0 unspecified atom stereocenters. The van der Waals surface area contributed by atoms with Crippen LogP contribution in [-0.4, -0.2) is 37.6 Å². The Bertz CT molecular complexity index is 209. The molecule has 1 aliphatic heterocycles. The van der Waals surface area contributed by atoms with E-state index in [-0.39, 0.29) is 0 Å². The summed E-state index contributed by atoms with van der Waals surface area (Å²) in [6.07, 6.45) is 7.89. The minimum Gasteiger partial charge on any atom is -0.316 e. The fourth-order valence-electron chi connectivity index (χ4n) is 2.17. The molecule has 1 heterocycles. The molecule has 0 aromatic carbocycles. The molecule has 1 N–H and O–H groups in total. The van der Waals surface area contributed by atoms with Crippen LogP contribution in [0.4, 0.5) is 0 Å². The van der Waals surface area contributed by atoms with Gasteiger partial charge in [0.05, 0.1) is 0 Å². The lowest BCUT2D eigenvalue weighted by molar-refractivity contribution is 0.224. The van der Waals surface area contributed by atoms with Gasteiger partial charge in [0.25, 0.3) is 0 Å². The summed E-state index contributed by atoms with van der Waals surface area (Å²) >= 11 is 0. The van der Waals surface area contributed by atoms with Gasteiger partial charge < -0.3 is 10.2 Å². The van der Waals surface area contributed by atoms with Crippen molar-refractivity contribution in [3.8, 4) is 11.8 Å². The van der Waals surface area contributed by atoms with Gasteiger partial charge in [-0.1, -0.05) is 6.42 Å². The lowest BCUT2D eigenvalue weighted by atomic mass is 10.1. The molecule has 1 saturated heterocycles. The zero-order valence-corrected chi connectivity index (χ0v) is 10.7. The van der Waals surface area contributed by atoms with E-state index in [9.17, 15) is 0 Å². The van der Waals surface area contributed by atoms with Crippen molar-refractivity contribution in [1.82, 2.24) is 10.2 Å². The summed E-state index contributed by atoms with van der Waals surface area (Å²) in [6.45, 7) is 8.07.